The SMILES string of the molecule is c1ccc(N(c2ccccc2)c2ccc(-n3c4cccc5c4c4c(cccc43)-c3cccc4cccc-5c34)cc2)cc1. The Labute approximate surface area is 244 Å². The molecule has 0 atom stereocenters. The van der Waals surface area contributed by atoms with Gasteiger partial charge in [-0.25, -0.2) is 0 Å². The molecule has 0 unspecified atom stereocenters. The normalized spacial score (nSPS) is 11.8. The minimum absolute atomic E-state index is 1.13. The van der Waals surface area contributed by atoms with Crippen LogP contribution in [0.4, 0.5) is 17.1 Å². The van der Waals surface area contributed by atoms with E-state index in [1.54, 1.807) is 0 Å². The molecule has 0 saturated heterocycles. The first-order valence-electron chi connectivity index (χ1n) is 14.5. The summed E-state index contributed by atoms with van der Waals surface area (Å²) < 4.78 is 2.44. The van der Waals surface area contributed by atoms with E-state index in [1.807, 2.05) is 0 Å². The van der Waals surface area contributed by atoms with Crippen LogP contribution in [0, 0.1) is 0 Å². The summed E-state index contributed by atoms with van der Waals surface area (Å²) in [5.74, 6) is 0. The van der Waals surface area contributed by atoms with Gasteiger partial charge in [0.2, 0.25) is 0 Å². The third kappa shape index (κ3) is 3.27. The molecule has 0 spiro atoms. The summed E-state index contributed by atoms with van der Waals surface area (Å²) in [6.45, 7) is 0. The van der Waals surface area contributed by atoms with E-state index >= 15 is 0 Å². The van der Waals surface area contributed by atoms with Gasteiger partial charge in [-0.2, -0.15) is 0 Å². The van der Waals surface area contributed by atoms with E-state index < -0.39 is 0 Å². The van der Waals surface area contributed by atoms with Crippen molar-refractivity contribution in [3.8, 4) is 27.9 Å². The number of fused-ring (bicyclic) bond motifs is 2. The zero-order chi connectivity index (χ0) is 27.6. The molecule has 0 amide bonds. The third-order valence-corrected chi connectivity index (χ3v) is 8.70. The highest BCUT2D eigenvalue weighted by molar-refractivity contribution is 6.27. The molecule has 1 aromatic heterocycles. The number of rotatable bonds is 4. The predicted molar refractivity (Wildman–Crippen MR) is 177 cm³/mol. The van der Waals surface area contributed by atoms with E-state index in [-0.39, 0.29) is 0 Å². The predicted octanol–water partition coefficient (Wildman–Crippen LogP) is 11.1. The van der Waals surface area contributed by atoms with E-state index in [2.05, 4.69) is 167 Å². The molecule has 0 N–H and O–H groups in total. The van der Waals surface area contributed by atoms with Crippen molar-refractivity contribution in [2.45, 2.75) is 0 Å². The van der Waals surface area contributed by atoms with Crippen LogP contribution in [-0.4, -0.2) is 4.57 Å². The largest absolute Gasteiger partial charge is 0.311 e. The Kier molecular flexibility index (Phi) is 4.93. The van der Waals surface area contributed by atoms with Crippen LogP contribution in [0.1, 0.15) is 0 Å². The van der Waals surface area contributed by atoms with Gasteiger partial charge in [-0.05, 0) is 93.7 Å². The third-order valence-electron chi connectivity index (χ3n) is 8.70. The lowest BCUT2D eigenvalue weighted by atomic mass is 9.93. The molecule has 1 aliphatic carbocycles. The van der Waals surface area contributed by atoms with Crippen molar-refractivity contribution in [3.63, 3.8) is 0 Å². The quantitative estimate of drug-likeness (QED) is 0.218. The van der Waals surface area contributed by atoms with Gasteiger partial charge in [0.05, 0.1) is 11.0 Å². The smallest absolute Gasteiger partial charge is 0.0547 e. The maximum absolute atomic E-state index is 2.44. The lowest BCUT2D eigenvalue weighted by Crippen LogP contribution is -2.09. The van der Waals surface area contributed by atoms with Gasteiger partial charge in [0.25, 0.3) is 0 Å². The second kappa shape index (κ2) is 8.95. The summed E-state index contributed by atoms with van der Waals surface area (Å²) in [5.41, 5.74) is 12.2. The molecular formula is C40H26N2. The van der Waals surface area contributed by atoms with Gasteiger partial charge in [0, 0.05) is 33.5 Å². The Hall–Kier alpha value is -5.60. The average molecular weight is 535 g/mol. The van der Waals surface area contributed by atoms with E-state index in [0.717, 1.165) is 22.7 Å². The first-order valence-corrected chi connectivity index (χ1v) is 14.5. The lowest BCUT2D eigenvalue weighted by molar-refractivity contribution is 1.17. The van der Waals surface area contributed by atoms with Crippen molar-refractivity contribution in [1.29, 1.82) is 0 Å². The number of aromatic nitrogens is 1. The fraction of sp³-hybridized carbons (Fsp3) is 0. The number of nitrogens with zero attached hydrogens (tertiary/aromatic N) is 2. The van der Waals surface area contributed by atoms with E-state index in [1.165, 1.54) is 54.8 Å². The minimum Gasteiger partial charge on any atom is -0.311 e. The molecule has 2 heteroatoms. The van der Waals surface area contributed by atoms with Crippen molar-refractivity contribution in [1.82, 2.24) is 4.57 Å². The first-order chi connectivity index (χ1) is 20.9. The van der Waals surface area contributed by atoms with Gasteiger partial charge in [-0.1, -0.05) is 97.1 Å². The maximum Gasteiger partial charge on any atom is 0.0547 e. The fourth-order valence-corrected chi connectivity index (χ4v) is 6.98. The van der Waals surface area contributed by atoms with Gasteiger partial charge in [-0.3, -0.25) is 0 Å². The number of anilines is 3. The standard InChI is InChI=1S/C40H26N2/c1-3-13-28(14-4-1)41(29-15-5-2-6-16-29)30-23-25-31(26-24-30)42-36-21-9-19-34-32-17-7-11-27-12-8-18-33(38(27)32)35-20-10-22-37(42)40(35)39(34)36/h1-26H. The van der Waals surface area contributed by atoms with E-state index in [9.17, 15) is 0 Å². The fourth-order valence-electron chi connectivity index (χ4n) is 6.98. The molecule has 7 aromatic carbocycles. The molecule has 42 heavy (non-hydrogen) atoms. The Bertz CT molecular complexity index is 2140. The molecule has 0 fully saturated rings. The molecule has 1 aliphatic rings. The Morgan fingerprint density at radius 2 is 0.762 bits per heavy atom. The Morgan fingerprint density at radius 1 is 0.333 bits per heavy atom. The molecule has 8 aromatic rings. The molecule has 9 rings (SSSR count). The van der Waals surface area contributed by atoms with Crippen molar-refractivity contribution in [2.75, 3.05) is 4.90 Å². The van der Waals surface area contributed by atoms with E-state index in [0.29, 0.717) is 0 Å². The second-order valence-corrected chi connectivity index (χ2v) is 11.0. The summed E-state index contributed by atoms with van der Waals surface area (Å²) in [4.78, 5) is 2.31. The molecule has 0 bridgehead atoms. The van der Waals surface area contributed by atoms with Crippen LogP contribution >= 0.6 is 0 Å². The van der Waals surface area contributed by atoms with Crippen LogP contribution in [0.3, 0.4) is 0 Å². The minimum atomic E-state index is 1.13. The molecule has 1 heterocycles. The van der Waals surface area contributed by atoms with Crippen LogP contribution in [0.25, 0.3) is 60.5 Å². The summed E-state index contributed by atoms with van der Waals surface area (Å²) in [5, 5.41) is 5.28. The van der Waals surface area contributed by atoms with Gasteiger partial charge in [0.15, 0.2) is 0 Å². The van der Waals surface area contributed by atoms with Gasteiger partial charge in [0.1, 0.15) is 0 Å². The average Bonchev–Trinajstić information content (AvgIpc) is 3.34. The monoisotopic (exact) mass is 534 g/mol. The zero-order valence-corrected chi connectivity index (χ0v) is 22.9. The lowest BCUT2D eigenvalue weighted by Gasteiger charge is -2.25. The van der Waals surface area contributed by atoms with Crippen LogP contribution in [0.2, 0.25) is 0 Å². The van der Waals surface area contributed by atoms with Crippen molar-refractivity contribution in [3.05, 3.63) is 158 Å². The molecule has 196 valence electrons. The maximum atomic E-state index is 2.44. The molecule has 0 aliphatic heterocycles. The summed E-state index contributed by atoms with van der Waals surface area (Å²) in [6, 6.07) is 57.1. The number of hydrogen-bond donors (Lipinski definition) is 0. The van der Waals surface area contributed by atoms with Crippen LogP contribution in [0.5, 0.6) is 0 Å². The topological polar surface area (TPSA) is 8.17 Å². The number of benzene rings is 7. The highest BCUT2D eigenvalue weighted by Crippen LogP contribution is 2.49. The summed E-state index contributed by atoms with van der Waals surface area (Å²) in [7, 11) is 0. The van der Waals surface area contributed by atoms with Crippen molar-refractivity contribution >= 4 is 49.6 Å². The molecule has 0 radical (unpaired) electrons. The molecule has 0 saturated carbocycles. The number of hydrogen-bond acceptors (Lipinski definition) is 1. The molecule has 2 nitrogen and oxygen atoms in total. The van der Waals surface area contributed by atoms with Crippen LogP contribution in [0.15, 0.2) is 158 Å². The van der Waals surface area contributed by atoms with Gasteiger partial charge < -0.3 is 9.47 Å². The highest BCUT2D eigenvalue weighted by Gasteiger charge is 2.24. The highest BCUT2D eigenvalue weighted by atomic mass is 15.1. The van der Waals surface area contributed by atoms with Crippen LogP contribution in [-0.2, 0) is 0 Å². The zero-order valence-electron chi connectivity index (χ0n) is 22.9. The van der Waals surface area contributed by atoms with Crippen molar-refractivity contribution < 1.29 is 0 Å². The Morgan fingerprint density at radius 3 is 1.26 bits per heavy atom. The Balaban J connectivity index is 1.28. The number of para-hydroxylation sites is 2. The van der Waals surface area contributed by atoms with Crippen molar-refractivity contribution in [2.24, 2.45) is 0 Å². The molecular weight excluding hydrogens is 508 g/mol. The van der Waals surface area contributed by atoms with Gasteiger partial charge >= 0.3 is 0 Å². The summed E-state index contributed by atoms with van der Waals surface area (Å²) >= 11 is 0. The van der Waals surface area contributed by atoms with E-state index in [4.69, 9.17) is 0 Å². The first kappa shape index (κ1) is 23.1. The summed E-state index contributed by atoms with van der Waals surface area (Å²) in [6.07, 6.45) is 0. The second-order valence-electron chi connectivity index (χ2n) is 11.0. The van der Waals surface area contributed by atoms with Gasteiger partial charge in [-0.15, -0.1) is 0 Å². The van der Waals surface area contributed by atoms with Crippen LogP contribution < -0.4 is 4.90 Å².